The van der Waals surface area contributed by atoms with Gasteiger partial charge in [-0.3, -0.25) is 4.90 Å². The van der Waals surface area contributed by atoms with Crippen molar-refractivity contribution in [2.45, 2.75) is 17.4 Å². The summed E-state index contributed by atoms with van der Waals surface area (Å²) in [5.41, 5.74) is 2.78. The van der Waals surface area contributed by atoms with Crippen LogP contribution < -0.4 is 5.32 Å². The van der Waals surface area contributed by atoms with Crippen molar-refractivity contribution in [3.63, 3.8) is 0 Å². The van der Waals surface area contributed by atoms with Crippen molar-refractivity contribution in [1.29, 1.82) is 0 Å². The average molecular weight is 363 g/mol. The molecule has 26 heavy (non-hydrogen) atoms. The molecule has 1 aliphatic heterocycles. The molecule has 3 heteroatoms. The third kappa shape index (κ3) is 3.80. The van der Waals surface area contributed by atoms with Crippen molar-refractivity contribution in [2.75, 3.05) is 32.4 Å². The molecule has 134 valence electrons. The van der Waals surface area contributed by atoms with Crippen LogP contribution in [-0.2, 0) is 0 Å². The van der Waals surface area contributed by atoms with Crippen LogP contribution in [0.15, 0.2) is 71.6 Å². The van der Waals surface area contributed by atoms with Crippen molar-refractivity contribution in [3.8, 4) is 0 Å². The number of thioether (sulfide) groups is 1. The topological polar surface area (TPSA) is 15.3 Å². The van der Waals surface area contributed by atoms with E-state index in [0.29, 0.717) is 6.04 Å². The number of rotatable bonds is 4. The van der Waals surface area contributed by atoms with Crippen LogP contribution in [0.3, 0.4) is 0 Å². The standard InChI is InChI=1S/C23H26N2S/c1-26-22-11-9-19(10-12-22)23(25-15-4-13-24-14-16-25)21-8-7-18-5-2-3-6-20(18)17-21/h2-3,5-12,17,23-24H,4,13-16H2,1H3. The lowest BCUT2D eigenvalue weighted by Gasteiger charge is -2.31. The molecule has 0 amide bonds. The van der Waals surface area contributed by atoms with Crippen LogP contribution in [0.25, 0.3) is 10.8 Å². The van der Waals surface area contributed by atoms with Gasteiger partial charge in [0.2, 0.25) is 0 Å². The van der Waals surface area contributed by atoms with Crippen molar-refractivity contribution in [2.24, 2.45) is 0 Å². The van der Waals surface area contributed by atoms with Gasteiger partial charge in [-0.05, 0) is 59.3 Å². The molecule has 2 nitrogen and oxygen atoms in total. The van der Waals surface area contributed by atoms with E-state index in [1.807, 2.05) is 0 Å². The summed E-state index contributed by atoms with van der Waals surface area (Å²) in [6.45, 7) is 4.40. The molecule has 0 spiro atoms. The molecule has 4 rings (SSSR count). The molecule has 0 aliphatic carbocycles. The lowest BCUT2D eigenvalue weighted by Crippen LogP contribution is -2.33. The molecule has 0 radical (unpaired) electrons. The van der Waals surface area contributed by atoms with Gasteiger partial charge in [0.15, 0.2) is 0 Å². The van der Waals surface area contributed by atoms with E-state index in [-0.39, 0.29) is 0 Å². The van der Waals surface area contributed by atoms with Crippen LogP contribution in [-0.4, -0.2) is 37.3 Å². The Labute approximate surface area is 160 Å². The largest absolute Gasteiger partial charge is 0.315 e. The first-order valence-electron chi connectivity index (χ1n) is 9.42. The van der Waals surface area contributed by atoms with Crippen molar-refractivity contribution < 1.29 is 0 Å². The summed E-state index contributed by atoms with van der Waals surface area (Å²) in [5, 5.41) is 6.17. The van der Waals surface area contributed by atoms with Gasteiger partial charge in [-0.15, -0.1) is 11.8 Å². The predicted molar refractivity (Wildman–Crippen MR) is 113 cm³/mol. The summed E-state index contributed by atoms with van der Waals surface area (Å²) in [5.74, 6) is 0. The Bertz CT molecular complexity index is 851. The van der Waals surface area contributed by atoms with E-state index in [4.69, 9.17) is 0 Å². The van der Waals surface area contributed by atoms with Crippen LogP contribution in [0.5, 0.6) is 0 Å². The van der Waals surface area contributed by atoms with E-state index >= 15 is 0 Å². The highest BCUT2D eigenvalue weighted by atomic mass is 32.2. The first-order chi connectivity index (χ1) is 12.8. The van der Waals surface area contributed by atoms with E-state index < -0.39 is 0 Å². The van der Waals surface area contributed by atoms with Gasteiger partial charge >= 0.3 is 0 Å². The first kappa shape index (κ1) is 17.6. The molecule has 0 saturated carbocycles. The number of hydrogen-bond acceptors (Lipinski definition) is 3. The third-order valence-electron chi connectivity index (χ3n) is 5.26. The van der Waals surface area contributed by atoms with E-state index in [1.54, 1.807) is 11.8 Å². The molecule has 1 heterocycles. The maximum atomic E-state index is 3.54. The number of nitrogens with one attached hydrogen (secondary N) is 1. The Morgan fingerprint density at radius 3 is 2.42 bits per heavy atom. The van der Waals surface area contributed by atoms with E-state index in [1.165, 1.54) is 33.2 Å². The van der Waals surface area contributed by atoms with Gasteiger partial charge in [0.1, 0.15) is 0 Å². The van der Waals surface area contributed by atoms with Gasteiger partial charge in [-0.25, -0.2) is 0 Å². The Morgan fingerprint density at radius 2 is 1.62 bits per heavy atom. The summed E-state index contributed by atoms with van der Waals surface area (Å²) in [4.78, 5) is 3.96. The SMILES string of the molecule is CSc1ccc(C(c2ccc3ccccc3c2)N2CCCNCC2)cc1. The smallest absolute Gasteiger partial charge is 0.0602 e. The molecule has 0 bridgehead atoms. The minimum atomic E-state index is 0.315. The molecule has 1 saturated heterocycles. The summed E-state index contributed by atoms with van der Waals surface area (Å²) < 4.78 is 0. The Morgan fingerprint density at radius 1 is 0.846 bits per heavy atom. The monoisotopic (exact) mass is 362 g/mol. The predicted octanol–water partition coefficient (Wildman–Crippen LogP) is 4.95. The molecule has 1 atom stereocenters. The molecule has 1 aliphatic rings. The maximum Gasteiger partial charge on any atom is 0.0602 e. The fourth-order valence-electron chi connectivity index (χ4n) is 3.90. The molecular formula is C23H26N2S. The molecule has 1 fully saturated rings. The van der Waals surface area contributed by atoms with Gasteiger partial charge in [-0.2, -0.15) is 0 Å². The zero-order valence-electron chi connectivity index (χ0n) is 15.3. The van der Waals surface area contributed by atoms with Crippen molar-refractivity contribution >= 4 is 22.5 Å². The average Bonchev–Trinajstić information content (AvgIpc) is 2.98. The maximum absolute atomic E-state index is 3.54. The van der Waals surface area contributed by atoms with Crippen LogP contribution in [0.2, 0.25) is 0 Å². The normalized spacial score (nSPS) is 17.1. The quantitative estimate of drug-likeness (QED) is 0.661. The highest BCUT2D eigenvalue weighted by Gasteiger charge is 2.23. The molecule has 0 aromatic heterocycles. The Balaban J connectivity index is 1.76. The van der Waals surface area contributed by atoms with E-state index in [0.717, 1.165) is 26.2 Å². The summed E-state index contributed by atoms with van der Waals surface area (Å²) in [6.07, 6.45) is 3.34. The number of hydrogen-bond donors (Lipinski definition) is 1. The molecule has 3 aromatic rings. The summed E-state index contributed by atoms with van der Waals surface area (Å²) in [6, 6.07) is 25.1. The van der Waals surface area contributed by atoms with Crippen molar-refractivity contribution in [3.05, 3.63) is 77.9 Å². The lowest BCUT2D eigenvalue weighted by atomic mass is 9.94. The lowest BCUT2D eigenvalue weighted by molar-refractivity contribution is 0.241. The fraction of sp³-hybridized carbons (Fsp3) is 0.304. The van der Waals surface area contributed by atoms with Crippen molar-refractivity contribution in [1.82, 2.24) is 10.2 Å². The minimum absolute atomic E-state index is 0.315. The molecule has 1 unspecified atom stereocenters. The zero-order chi connectivity index (χ0) is 17.8. The van der Waals surface area contributed by atoms with Gasteiger partial charge in [-0.1, -0.05) is 48.5 Å². The third-order valence-corrected chi connectivity index (χ3v) is 6.00. The Hall–Kier alpha value is -1.81. The first-order valence-corrected chi connectivity index (χ1v) is 10.6. The summed E-state index contributed by atoms with van der Waals surface area (Å²) in [7, 11) is 0. The Kier molecular flexibility index (Phi) is 5.59. The minimum Gasteiger partial charge on any atom is -0.315 e. The van der Waals surface area contributed by atoms with Gasteiger partial charge < -0.3 is 5.32 Å². The number of fused-ring (bicyclic) bond motifs is 1. The number of benzene rings is 3. The second kappa shape index (κ2) is 8.26. The van der Waals surface area contributed by atoms with Crippen LogP contribution in [0, 0.1) is 0 Å². The van der Waals surface area contributed by atoms with Crippen LogP contribution >= 0.6 is 11.8 Å². The van der Waals surface area contributed by atoms with Gasteiger partial charge in [0.05, 0.1) is 6.04 Å². The number of nitrogens with zero attached hydrogens (tertiary/aromatic N) is 1. The second-order valence-corrected chi connectivity index (χ2v) is 7.80. The van der Waals surface area contributed by atoms with E-state index in [2.05, 4.69) is 83.2 Å². The zero-order valence-corrected chi connectivity index (χ0v) is 16.1. The second-order valence-electron chi connectivity index (χ2n) is 6.92. The van der Waals surface area contributed by atoms with Crippen LogP contribution in [0.1, 0.15) is 23.6 Å². The molecule has 3 aromatic carbocycles. The summed E-state index contributed by atoms with van der Waals surface area (Å²) >= 11 is 1.80. The molecule has 1 N–H and O–H groups in total. The fourth-order valence-corrected chi connectivity index (χ4v) is 4.31. The van der Waals surface area contributed by atoms with Crippen LogP contribution in [0.4, 0.5) is 0 Å². The highest BCUT2D eigenvalue weighted by Crippen LogP contribution is 2.32. The highest BCUT2D eigenvalue weighted by molar-refractivity contribution is 7.98. The van der Waals surface area contributed by atoms with E-state index in [9.17, 15) is 0 Å². The molecular weight excluding hydrogens is 336 g/mol. The van der Waals surface area contributed by atoms with Gasteiger partial charge in [0.25, 0.3) is 0 Å². The van der Waals surface area contributed by atoms with Gasteiger partial charge in [0, 0.05) is 24.5 Å².